The zero-order valence-electron chi connectivity index (χ0n) is 13.3. The van der Waals surface area contributed by atoms with Gasteiger partial charge in [-0.15, -0.1) is 0 Å². The number of rotatable bonds is 5. The molecular formula is C18H24O3S. The Morgan fingerprint density at radius 3 is 2.59 bits per heavy atom. The second kappa shape index (κ2) is 8.37. The molecule has 22 heavy (non-hydrogen) atoms. The summed E-state index contributed by atoms with van der Waals surface area (Å²) in [4.78, 5) is 23.3. The topological polar surface area (TPSA) is 43.4 Å². The highest BCUT2D eigenvalue weighted by molar-refractivity contribution is 8.13. The van der Waals surface area contributed by atoms with Gasteiger partial charge in [-0.3, -0.25) is 9.59 Å². The maximum absolute atomic E-state index is 12.3. The number of benzene rings is 1. The van der Waals surface area contributed by atoms with Crippen LogP contribution in [0.1, 0.15) is 51.0 Å². The standard InChI is InChI=1S/C18H24O3S/c1-13(12-22-14(2)19)18(20)21-17-11-7-6-10-16(17)15-8-4-3-5-9-15/h3-5,8-9,13,16-17H,6-7,10-12H2,1-2H3/t13-,16-,17+/m1/s1. The number of carbonyl (C=O) groups is 2. The molecule has 0 bridgehead atoms. The van der Waals surface area contributed by atoms with Crippen molar-refractivity contribution < 1.29 is 14.3 Å². The Morgan fingerprint density at radius 1 is 1.23 bits per heavy atom. The van der Waals surface area contributed by atoms with E-state index >= 15 is 0 Å². The largest absolute Gasteiger partial charge is 0.461 e. The number of hydrogen-bond acceptors (Lipinski definition) is 4. The number of ether oxygens (including phenoxy) is 1. The highest BCUT2D eigenvalue weighted by atomic mass is 32.2. The highest BCUT2D eigenvalue weighted by Gasteiger charge is 2.30. The molecule has 2 rings (SSSR count). The van der Waals surface area contributed by atoms with Gasteiger partial charge in [0.15, 0.2) is 5.12 Å². The summed E-state index contributed by atoms with van der Waals surface area (Å²) in [5, 5.41) is 0.0412. The molecule has 120 valence electrons. The van der Waals surface area contributed by atoms with Crippen LogP contribution in [0.3, 0.4) is 0 Å². The van der Waals surface area contributed by atoms with Crippen molar-refractivity contribution in [3.8, 4) is 0 Å². The lowest BCUT2D eigenvalue weighted by atomic mass is 9.81. The van der Waals surface area contributed by atoms with Gasteiger partial charge in [0.25, 0.3) is 0 Å². The van der Waals surface area contributed by atoms with Crippen LogP contribution in [0.15, 0.2) is 30.3 Å². The van der Waals surface area contributed by atoms with Crippen LogP contribution in [0.4, 0.5) is 0 Å². The van der Waals surface area contributed by atoms with E-state index in [9.17, 15) is 9.59 Å². The van der Waals surface area contributed by atoms with Crippen molar-refractivity contribution in [3.05, 3.63) is 35.9 Å². The zero-order valence-corrected chi connectivity index (χ0v) is 14.1. The predicted molar refractivity (Wildman–Crippen MR) is 89.8 cm³/mol. The molecule has 1 aliphatic rings. The van der Waals surface area contributed by atoms with E-state index in [0.717, 1.165) is 19.3 Å². The maximum Gasteiger partial charge on any atom is 0.309 e. The normalized spacial score (nSPS) is 22.8. The van der Waals surface area contributed by atoms with Gasteiger partial charge in [0.1, 0.15) is 6.10 Å². The van der Waals surface area contributed by atoms with E-state index < -0.39 is 0 Å². The lowest BCUT2D eigenvalue weighted by Crippen LogP contribution is -2.31. The molecule has 1 fully saturated rings. The van der Waals surface area contributed by atoms with Gasteiger partial charge in [-0.2, -0.15) is 0 Å². The van der Waals surface area contributed by atoms with Gasteiger partial charge in [0, 0.05) is 18.6 Å². The Labute approximate surface area is 136 Å². The van der Waals surface area contributed by atoms with Crippen LogP contribution in [-0.2, 0) is 14.3 Å². The van der Waals surface area contributed by atoms with Crippen molar-refractivity contribution in [3.63, 3.8) is 0 Å². The summed E-state index contributed by atoms with van der Waals surface area (Å²) in [6.07, 6.45) is 4.26. The van der Waals surface area contributed by atoms with Crippen LogP contribution in [0.2, 0.25) is 0 Å². The summed E-state index contributed by atoms with van der Waals surface area (Å²) in [5.41, 5.74) is 1.26. The molecule has 0 amide bonds. The van der Waals surface area contributed by atoms with E-state index in [1.54, 1.807) is 0 Å². The fourth-order valence-corrected chi connectivity index (χ4v) is 3.52. The minimum atomic E-state index is -0.243. The summed E-state index contributed by atoms with van der Waals surface area (Å²) >= 11 is 1.19. The first-order valence-corrected chi connectivity index (χ1v) is 8.95. The summed E-state index contributed by atoms with van der Waals surface area (Å²) in [6, 6.07) is 10.3. The number of carbonyl (C=O) groups excluding carboxylic acids is 2. The van der Waals surface area contributed by atoms with Crippen LogP contribution >= 0.6 is 11.8 Å². The molecule has 0 spiro atoms. The third-order valence-electron chi connectivity index (χ3n) is 4.14. The SMILES string of the molecule is CC(=O)SC[C@@H](C)C(=O)O[C@H]1CCCC[C@@H]1c1ccccc1. The van der Waals surface area contributed by atoms with E-state index in [2.05, 4.69) is 12.1 Å². The van der Waals surface area contributed by atoms with Gasteiger partial charge in [-0.05, 0) is 24.8 Å². The Bertz CT molecular complexity index is 500. The smallest absolute Gasteiger partial charge is 0.309 e. The average Bonchev–Trinajstić information content (AvgIpc) is 2.53. The summed E-state index contributed by atoms with van der Waals surface area (Å²) in [7, 11) is 0. The van der Waals surface area contributed by atoms with Gasteiger partial charge < -0.3 is 4.74 Å². The van der Waals surface area contributed by atoms with Gasteiger partial charge in [0.05, 0.1) is 5.92 Å². The predicted octanol–water partition coefficient (Wildman–Crippen LogP) is 4.17. The van der Waals surface area contributed by atoms with E-state index in [0.29, 0.717) is 11.7 Å². The molecule has 3 atom stereocenters. The summed E-state index contributed by atoms with van der Waals surface area (Å²) in [6.45, 7) is 3.36. The first kappa shape index (κ1) is 17.1. The lowest BCUT2D eigenvalue weighted by Gasteiger charge is -2.32. The van der Waals surface area contributed by atoms with Crippen LogP contribution in [0, 0.1) is 5.92 Å². The monoisotopic (exact) mass is 320 g/mol. The van der Waals surface area contributed by atoms with Crippen LogP contribution < -0.4 is 0 Å². The Kier molecular flexibility index (Phi) is 6.49. The minimum Gasteiger partial charge on any atom is -0.461 e. The number of hydrogen-bond donors (Lipinski definition) is 0. The molecule has 0 aliphatic heterocycles. The molecular weight excluding hydrogens is 296 g/mol. The van der Waals surface area contributed by atoms with Crippen LogP contribution in [0.25, 0.3) is 0 Å². The fraction of sp³-hybridized carbons (Fsp3) is 0.556. The van der Waals surface area contributed by atoms with E-state index in [1.807, 2.05) is 25.1 Å². The number of esters is 1. The van der Waals surface area contributed by atoms with Crippen molar-refractivity contribution in [2.24, 2.45) is 5.92 Å². The molecule has 1 aliphatic carbocycles. The zero-order chi connectivity index (χ0) is 15.9. The molecule has 1 saturated carbocycles. The first-order valence-electron chi connectivity index (χ1n) is 7.96. The Balaban J connectivity index is 1.96. The molecule has 0 N–H and O–H groups in total. The molecule has 0 saturated heterocycles. The average molecular weight is 320 g/mol. The van der Waals surface area contributed by atoms with Crippen molar-refractivity contribution in [1.29, 1.82) is 0 Å². The molecule has 0 unspecified atom stereocenters. The maximum atomic E-state index is 12.3. The fourth-order valence-electron chi connectivity index (χ4n) is 2.90. The lowest BCUT2D eigenvalue weighted by molar-refractivity contribution is -0.155. The van der Waals surface area contributed by atoms with E-state index in [4.69, 9.17) is 4.74 Å². The van der Waals surface area contributed by atoms with Crippen LogP contribution in [-0.4, -0.2) is 22.9 Å². The van der Waals surface area contributed by atoms with Crippen molar-refractivity contribution in [2.75, 3.05) is 5.75 Å². The second-order valence-electron chi connectivity index (χ2n) is 5.98. The first-order chi connectivity index (χ1) is 10.6. The molecule has 1 aromatic carbocycles. The summed E-state index contributed by atoms with van der Waals surface area (Å²) < 4.78 is 5.79. The minimum absolute atomic E-state index is 0.0339. The third kappa shape index (κ3) is 4.87. The van der Waals surface area contributed by atoms with Gasteiger partial charge in [-0.25, -0.2) is 0 Å². The van der Waals surface area contributed by atoms with Gasteiger partial charge >= 0.3 is 5.97 Å². The van der Waals surface area contributed by atoms with Gasteiger partial charge in [0.2, 0.25) is 0 Å². The van der Waals surface area contributed by atoms with Gasteiger partial charge in [-0.1, -0.05) is 55.4 Å². The molecule has 0 heterocycles. The van der Waals surface area contributed by atoms with Crippen molar-refractivity contribution >= 4 is 22.8 Å². The molecule has 3 nitrogen and oxygen atoms in total. The van der Waals surface area contributed by atoms with Crippen molar-refractivity contribution in [2.45, 2.75) is 51.6 Å². The Morgan fingerprint density at radius 2 is 1.91 bits per heavy atom. The molecule has 1 aromatic rings. The quantitative estimate of drug-likeness (QED) is 0.764. The van der Waals surface area contributed by atoms with Crippen LogP contribution in [0.5, 0.6) is 0 Å². The Hall–Kier alpha value is -1.29. The summed E-state index contributed by atoms with van der Waals surface area (Å²) in [5.74, 6) is 0.372. The number of thioether (sulfide) groups is 1. The molecule has 4 heteroatoms. The highest BCUT2D eigenvalue weighted by Crippen LogP contribution is 2.35. The van der Waals surface area contributed by atoms with E-state index in [-0.39, 0.29) is 23.1 Å². The molecule has 0 aromatic heterocycles. The van der Waals surface area contributed by atoms with E-state index in [1.165, 1.54) is 30.7 Å². The molecule has 0 radical (unpaired) electrons. The third-order valence-corrected chi connectivity index (χ3v) is 5.21. The second-order valence-corrected chi connectivity index (χ2v) is 7.18. The van der Waals surface area contributed by atoms with Crippen molar-refractivity contribution in [1.82, 2.24) is 0 Å².